The quantitative estimate of drug-likeness (QED) is 0.639. The van der Waals surface area contributed by atoms with Gasteiger partial charge >= 0.3 is 5.97 Å². The first-order chi connectivity index (χ1) is 14.9. The number of carboxylic acid groups (broad SMARTS) is 1. The SMILES string of the molecule is Cc1ccc2oc(-c3ccc(C(=O)NC[C@@H]4CCCC[C@@H]4C(=O)O)cc3)cc(=O)c2c1. The van der Waals surface area contributed by atoms with E-state index in [1.165, 1.54) is 6.07 Å². The van der Waals surface area contributed by atoms with Crippen LogP contribution < -0.4 is 10.7 Å². The van der Waals surface area contributed by atoms with Crippen molar-refractivity contribution in [2.45, 2.75) is 32.6 Å². The van der Waals surface area contributed by atoms with Gasteiger partial charge in [0.1, 0.15) is 11.3 Å². The van der Waals surface area contributed by atoms with Crippen LogP contribution in [0.2, 0.25) is 0 Å². The van der Waals surface area contributed by atoms with Crippen molar-refractivity contribution in [3.63, 3.8) is 0 Å². The van der Waals surface area contributed by atoms with Gasteiger partial charge in [0.15, 0.2) is 5.43 Å². The van der Waals surface area contributed by atoms with Crippen LogP contribution in [0.5, 0.6) is 0 Å². The summed E-state index contributed by atoms with van der Waals surface area (Å²) in [4.78, 5) is 36.4. The largest absolute Gasteiger partial charge is 0.481 e. The normalized spacial score (nSPS) is 18.6. The molecule has 0 spiro atoms. The first-order valence-electron chi connectivity index (χ1n) is 10.6. The Kier molecular flexibility index (Phi) is 5.89. The molecular formula is C25H25NO5. The molecule has 0 saturated heterocycles. The van der Waals surface area contributed by atoms with Crippen LogP contribution in [0, 0.1) is 18.8 Å². The molecule has 2 atom stereocenters. The van der Waals surface area contributed by atoms with E-state index in [1.54, 1.807) is 36.4 Å². The highest BCUT2D eigenvalue weighted by Crippen LogP contribution is 2.30. The smallest absolute Gasteiger partial charge is 0.306 e. The average Bonchev–Trinajstić information content (AvgIpc) is 2.78. The zero-order chi connectivity index (χ0) is 22.0. The molecule has 160 valence electrons. The number of carboxylic acids is 1. The van der Waals surface area contributed by atoms with E-state index in [0.717, 1.165) is 24.8 Å². The summed E-state index contributed by atoms with van der Waals surface area (Å²) in [6.07, 6.45) is 3.40. The van der Waals surface area contributed by atoms with Crippen molar-refractivity contribution in [2.75, 3.05) is 6.54 Å². The number of amides is 1. The monoisotopic (exact) mass is 419 g/mol. The maximum atomic E-state index is 12.5. The predicted molar refractivity (Wildman–Crippen MR) is 118 cm³/mol. The summed E-state index contributed by atoms with van der Waals surface area (Å²) in [7, 11) is 0. The summed E-state index contributed by atoms with van der Waals surface area (Å²) in [5.41, 5.74) is 2.59. The van der Waals surface area contributed by atoms with Gasteiger partial charge in [-0.3, -0.25) is 14.4 Å². The van der Waals surface area contributed by atoms with E-state index >= 15 is 0 Å². The van der Waals surface area contributed by atoms with Crippen LogP contribution in [-0.4, -0.2) is 23.5 Å². The van der Waals surface area contributed by atoms with Crippen molar-refractivity contribution in [3.8, 4) is 11.3 Å². The van der Waals surface area contributed by atoms with Crippen LogP contribution in [0.3, 0.4) is 0 Å². The molecule has 2 N–H and O–H groups in total. The minimum Gasteiger partial charge on any atom is -0.481 e. The maximum absolute atomic E-state index is 12.5. The lowest BCUT2D eigenvalue weighted by Gasteiger charge is -2.28. The van der Waals surface area contributed by atoms with Crippen LogP contribution in [0.1, 0.15) is 41.6 Å². The van der Waals surface area contributed by atoms with Crippen molar-refractivity contribution >= 4 is 22.8 Å². The lowest BCUT2D eigenvalue weighted by Crippen LogP contribution is -2.37. The van der Waals surface area contributed by atoms with E-state index in [2.05, 4.69) is 5.32 Å². The summed E-state index contributed by atoms with van der Waals surface area (Å²) in [5, 5.41) is 12.8. The van der Waals surface area contributed by atoms with E-state index in [1.807, 2.05) is 13.0 Å². The molecule has 2 aromatic carbocycles. The molecule has 6 nitrogen and oxygen atoms in total. The molecule has 1 aliphatic carbocycles. The average molecular weight is 419 g/mol. The summed E-state index contributed by atoms with van der Waals surface area (Å²) < 4.78 is 5.89. The molecule has 6 heteroatoms. The van der Waals surface area contributed by atoms with E-state index in [9.17, 15) is 19.5 Å². The Morgan fingerprint density at radius 2 is 1.81 bits per heavy atom. The first-order valence-corrected chi connectivity index (χ1v) is 10.6. The molecule has 0 unspecified atom stereocenters. The van der Waals surface area contributed by atoms with Crippen LogP contribution >= 0.6 is 0 Å². The highest BCUT2D eigenvalue weighted by molar-refractivity contribution is 5.94. The second-order valence-electron chi connectivity index (χ2n) is 8.25. The Bertz CT molecular complexity index is 1180. The molecule has 1 aliphatic rings. The Balaban J connectivity index is 1.47. The number of nitrogens with one attached hydrogen (secondary N) is 1. The third kappa shape index (κ3) is 4.53. The minimum absolute atomic E-state index is 0.0371. The molecule has 0 aliphatic heterocycles. The van der Waals surface area contributed by atoms with Crippen molar-refractivity contribution in [2.24, 2.45) is 11.8 Å². The number of carbonyl (C=O) groups excluding carboxylic acids is 1. The van der Waals surface area contributed by atoms with Gasteiger partial charge in [0.25, 0.3) is 5.91 Å². The Labute approximate surface area is 179 Å². The van der Waals surface area contributed by atoms with E-state index < -0.39 is 11.9 Å². The molecule has 4 rings (SSSR count). The van der Waals surface area contributed by atoms with Crippen molar-refractivity contribution < 1.29 is 19.1 Å². The Hall–Kier alpha value is -3.41. The molecule has 1 aromatic heterocycles. The number of hydrogen-bond donors (Lipinski definition) is 2. The highest BCUT2D eigenvalue weighted by Gasteiger charge is 2.30. The second kappa shape index (κ2) is 8.76. The summed E-state index contributed by atoms with van der Waals surface area (Å²) in [6, 6.07) is 13.8. The van der Waals surface area contributed by atoms with E-state index in [-0.39, 0.29) is 17.3 Å². The van der Waals surface area contributed by atoms with E-state index in [4.69, 9.17) is 4.42 Å². The molecule has 1 fully saturated rings. The number of aryl methyl sites for hydroxylation is 1. The molecule has 3 aromatic rings. The second-order valence-corrected chi connectivity index (χ2v) is 8.25. The first kappa shape index (κ1) is 20.8. The molecule has 1 amide bonds. The number of aliphatic carboxylic acids is 1. The number of rotatable bonds is 5. The number of hydrogen-bond acceptors (Lipinski definition) is 4. The fraction of sp³-hybridized carbons (Fsp3) is 0.320. The van der Waals surface area contributed by atoms with E-state index in [0.29, 0.717) is 40.8 Å². The zero-order valence-corrected chi connectivity index (χ0v) is 17.4. The molecule has 0 bridgehead atoms. The van der Waals surface area contributed by atoms with Crippen molar-refractivity contribution in [1.29, 1.82) is 0 Å². The van der Waals surface area contributed by atoms with Crippen LogP contribution in [0.4, 0.5) is 0 Å². The van der Waals surface area contributed by atoms with Gasteiger partial charge in [0, 0.05) is 23.7 Å². The summed E-state index contributed by atoms with van der Waals surface area (Å²) >= 11 is 0. The fourth-order valence-corrected chi connectivity index (χ4v) is 4.30. The van der Waals surface area contributed by atoms with Gasteiger partial charge in [-0.05, 0) is 49.9 Å². The van der Waals surface area contributed by atoms with Gasteiger partial charge in [-0.2, -0.15) is 0 Å². The van der Waals surface area contributed by atoms with Crippen molar-refractivity contribution in [3.05, 3.63) is 69.9 Å². The third-order valence-electron chi connectivity index (χ3n) is 6.07. The third-order valence-corrected chi connectivity index (χ3v) is 6.07. The molecule has 31 heavy (non-hydrogen) atoms. The van der Waals surface area contributed by atoms with Gasteiger partial charge in [0.2, 0.25) is 0 Å². The molecule has 0 radical (unpaired) electrons. The maximum Gasteiger partial charge on any atom is 0.306 e. The van der Waals surface area contributed by atoms with Crippen molar-refractivity contribution in [1.82, 2.24) is 5.32 Å². The summed E-state index contributed by atoms with van der Waals surface area (Å²) in [5.74, 6) is -1.01. The fourth-order valence-electron chi connectivity index (χ4n) is 4.30. The lowest BCUT2D eigenvalue weighted by atomic mass is 9.79. The molecule has 1 saturated carbocycles. The van der Waals surface area contributed by atoms with Gasteiger partial charge < -0.3 is 14.8 Å². The standard InChI is InChI=1S/C25H25NO5/c1-15-6-11-22-20(12-15)21(27)13-23(31-22)16-7-9-17(10-8-16)24(28)26-14-18-4-2-3-5-19(18)25(29)30/h6-13,18-19H,2-5,14H2,1H3,(H,26,28)(H,29,30)/t18-,19-/m0/s1. The lowest BCUT2D eigenvalue weighted by molar-refractivity contribution is -0.144. The van der Waals surface area contributed by atoms with Crippen LogP contribution in [0.25, 0.3) is 22.3 Å². The summed E-state index contributed by atoms with van der Waals surface area (Å²) in [6.45, 7) is 2.28. The number of benzene rings is 2. The minimum atomic E-state index is -0.782. The van der Waals surface area contributed by atoms with Gasteiger partial charge in [-0.1, -0.05) is 36.6 Å². The van der Waals surface area contributed by atoms with Crippen LogP contribution in [-0.2, 0) is 4.79 Å². The number of fused-ring (bicyclic) bond motifs is 1. The predicted octanol–water partition coefficient (Wildman–Crippen LogP) is 4.39. The Morgan fingerprint density at radius 1 is 1.06 bits per heavy atom. The van der Waals surface area contributed by atoms with Crippen LogP contribution in [0.15, 0.2) is 57.7 Å². The topological polar surface area (TPSA) is 96.6 Å². The Morgan fingerprint density at radius 3 is 2.55 bits per heavy atom. The highest BCUT2D eigenvalue weighted by atomic mass is 16.4. The number of carbonyl (C=O) groups is 2. The zero-order valence-electron chi connectivity index (χ0n) is 17.4. The van der Waals surface area contributed by atoms with Gasteiger partial charge in [0.05, 0.1) is 11.3 Å². The van der Waals surface area contributed by atoms with Gasteiger partial charge in [-0.25, -0.2) is 0 Å². The molecule has 1 heterocycles. The van der Waals surface area contributed by atoms with Gasteiger partial charge in [-0.15, -0.1) is 0 Å². The molecular weight excluding hydrogens is 394 g/mol.